The minimum atomic E-state index is -0.193. The van der Waals surface area contributed by atoms with E-state index in [2.05, 4.69) is 110 Å². The summed E-state index contributed by atoms with van der Waals surface area (Å²) in [5.74, 6) is -0.297. The Morgan fingerprint density at radius 3 is 2.18 bits per heavy atom. The minimum Gasteiger partial charge on any atom is -0.466 e. The van der Waals surface area contributed by atoms with Crippen molar-refractivity contribution in [2.75, 3.05) is 31.2 Å². The van der Waals surface area contributed by atoms with Gasteiger partial charge >= 0.3 is 11.9 Å². The summed E-state index contributed by atoms with van der Waals surface area (Å²) >= 11 is 7.20. The maximum atomic E-state index is 12.1. The van der Waals surface area contributed by atoms with E-state index in [4.69, 9.17) is 21.1 Å². The molecule has 6 nitrogen and oxygen atoms in total. The Labute approximate surface area is 314 Å². The lowest BCUT2D eigenvalue weighted by molar-refractivity contribution is -0.438. The first-order chi connectivity index (χ1) is 23.5. The van der Waals surface area contributed by atoms with Crippen LogP contribution in [0, 0.1) is 0 Å². The van der Waals surface area contributed by atoms with Gasteiger partial charge in [0.1, 0.15) is 6.54 Å². The van der Waals surface area contributed by atoms with E-state index in [1.807, 2.05) is 13.8 Å². The van der Waals surface area contributed by atoms with Gasteiger partial charge < -0.3 is 14.4 Å². The van der Waals surface area contributed by atoms with Crippen molar-refractivity contribution in [1.29, 1.82) is 0 Å². The lowest BCUT2D eigenvalue weighted by Gasteiger charge is -2.27. The molecular formula is C42H53BrClN2O4+. The highest BCUT2D eigenvalue weighted by atomic mass is 79.9. The summed E-state index contributed by atoms with van der Waals surface area (Å²) in [5.41, 5.74) is 9.27. The van der Waals surface area contributed by atoms with Gasteiger partial charge in [-0.15, -0.1) is 17.0 Å². The van der Waals surface area contributed by atoms with Gasteiger partial charge in [-0.1, -0.05) is 74.0 Å². The van der Waals surface area contributed by atoms with Crippen molar-refractivity contribution >= 4 is 57.6 Å². The van der Waals surface area contributed by atoms with Crippen LogP contribution < -0.4 is 4.90 Å². The van der Waals surface area contributed by atoms with E-state index >= 15 is 0 Å². The highest BCUT2D eigenvalue weighted by Crippen LogP contribution is 2.48. The van der Waals surface area contributed by atoms with Crippen molar-refractivity contribution in [2.45, 2.75) is 97.3 Å². The van der Waals surface area contributed by atoms with Gasteiger partial charge in [-0.25, -0.2) is 0 Å². The van der Waals surface area contributed by atoms with E-state index in [0.29, 0.717) is 38.9 Å². The number of anilines is 1. The van der Waals surface area contributed by atoms with Gasteiger partial charge in [-0.05, 0) is 82.2 Å². The zero-order valence-corrected chi connectivity index (χ0v) is 33.0. The summed E-state index contributed by atoms with van der Waals surface area (Å²) in [5, 5.41) is 0.823. The zero-order valence-electron chi connectivity index (χ0n) is 30.5. The molecule has 50 heavy (non-hydrogen) atoms. The molecule has 0 atom stereocenters. The molecule has 0 N–H and O–H groups in total. The molecule has 8 heteroatoms. The van der Waals surface area contributed by atoms with E-state index in [1.165, 1.54) is 33.9 Å². The Hall–Kier alpha value is -3.42. The molecule has 2 aromatic carbocycles. The Kier molecular flexibility index (Phi) is 13.5. The molecular weight excluding hydrogens is 712 g/mol. The lowest BCUT2D eigenvalue weighted by Crippen LogP contribution is -2.28. The number of rotatable bonds is 13. The molecule has 3 aliphatic rings. The standard InChI is InChI=1S/C42H52ClN2O4.BrH/c1-7-48-38(46)22-14-28-44-34-20-11-9-18-32(34)41(3,4)36(44)26-24-30-16-13-17-31(40(30)43)25-27-37-42(5,6)33-19-10-12-21-35(33)45(37)29-15-23-39(47)49-8-2;/h9-12,18-21,24-27H,7-8,13-17,22-23,28-29H2,1-6H3;1H/q+1;. The van der Waals surface area contributed by atoms with Crippen LogP contribution in [0.5, 0.6) is 0 Å². The zero-order chi connectivity index (χ0) is 35.2. The quantitative estimate of drug-likeness (QED) is 0.150. The summed E-state index contributed by atoms with van der Waals surface area (Å²) in [7, 11) is 0. The number of hydrogen-bond donors (Lipinski definition) is 0. The van der Waals surface area contributed by atoms with Gasteiger partial charge in [0, 0.05) is 58.9 Å². The van der Waals surface area contributed by atoms with Crippen molar-refractivity contribution in [1.82, 2.24) is 0 Å². The second-order valence-corrected chi connectivity index (χ2v) is 14.4. The van der Waals surface area contributed by atoms with Crippen molar-refractivity contribution in [3.05, 3.63) is 106 Å². The molecule has 0 unspecified atom stereocenters. The number of esters is 2. The number of fused-ring (bicyclic) bond motifs is 2. The van der Waals surface area contributed by atoms with E-state index in [1.54, 1.807) is 0 Å². The first-order valence-electron chi connectivity index (χ1n) is 17.9. The molecule has 2 aromatic rings. The summed E-state index contributed by atoms with van der Waals surface area (Å²) in [6.07, 6.45) is 14.0. The third kappa shape index (κ3) is 8.37. The summed E-state index contributed by atoms with van der Waals surface area (Å²) < 4.78 is 12.7. The van der Waals surface area contributed by atoms with Crippen LogP contribution in [0.15, 0.2) is 94.7 Å². The molecule has 1 aliphatic carbocycles. The summed E-state index contributed by atoms with van der Waals surface area (Å²) in [6.45, 7) is 15.0. The smallest absolute Gasteiger partial charge is 0.306 e. The van der Waals surface area contributed by atoms with Gasteiger partial charge in [0.15, 0.2) is 5.71 Å². The Morgan fingerprint density at radius 2 is 1.48 bits per heavy atom. The third-order valence-electron chi connectivity index (χ3n) is 10.1. The fourth-order valence-corrected chi connectivity index (χ4v) is 7.88. The first-order valence-corrected chi connectivity index (χ1v) is 18.3. The van der Waals surface area contributed by atoms with Crippen LogP contribution in [0.1, 0.15) is 97.6 Å². The number of para-hydroxylation sites is 2. The number of hydrogen-bond acceptors (Lipinski definition) is 5. The Morgan fingerprint density at radius 1 is 0.840 bits per heavy atom. The maximum absolute atomic E-state index is 12.1. The average Bonchev–Trinajstić information content (AvgIpc) is 3.42. The Bertz CT molecular complexity index is 1730. The predicted molar refractivity (Wildman–Crippen MR) is 210 cm³/mol. The van der Waals surface area contributed by atoms with Crippen molar-refractivity contribution < 1.29 is 23.6 Å². The van der Waals surface area contributed by atoms with Crippen LogP contribution in [0.25, 0.3) is 0 Å². The monoisotopic (exact) mass is 763 g/mol. The highest BCUT2D eigenvalue weighted by molar-refractivity contribution is 8.93. The molecule has 2 aliphatic heterocycles. The van der Waals surface area contributed by atoms with Crippen molar-refractivity contribution in [3.8, 4) is 0 Å². The van der Waals surface area contributed by atoms with E-state index in [-0.39, 0.29) is 39.8 Å². The number of carbonyl (C=O) groups is 2. The SMILES string of the molecule is Br.CCOC(=O)CCCN1/C(=C/C=C2\CCCC(/C=C/C3=[N+](CCCC(=O)OCC)c4ccccc4C3(C)C)=C2Cl)C(C)(C)c2ccccc21. The molecule has 0 saturated carbocycles. The second kappa shape index (κ2) is 17.2. The normalized spacial score (nSPS) is 19.2. The topological polar surface area (TPSA) is 58.8 Å². The summed E-state index contributed by atoms with van der Waals surface area (Å²) in [6, 6.07) is 17.1. The third-order valence-corrected chi connectivity index (χ3v) is 10.6. The molecule has 0 spiro atoms. The number of halogens is 2. The molecule has 0 bridgehead atoms. The number of allylic oxidation sites excluding steroid dienone is 8. The molecule has 0 radical (unpaired) electrons. The molecule has 0 aromatic heterocycles. The van der Waals surface area contributed by atoms with Gasteiger partial charge in [-0.3, -0.25) is 9.59 Å². The average molecular weight is 765 g/mol. The molecule has 2 heterocycles. The number of benzene rings is 2. The molecule has 0 amide bonds. The molecule has 268 valence electrons. The fourth-order valence-electron chi connectivity index (χ4n) is 7.56. The van der Waals surface area contributed by atoms with Crippen LogP contribution in [-0.4, -0.2) is 48.5 Å². The second-order valence-electron chi connectivity index (χ2n) is 14.1. The number of ether oxygens (including phenoxy) is 2. The number of carbonyl (C=O) groups excluding carboxylic acids is 2. The van der Waals surface area contributed by atoms with Crippen molar-refractivity contribution in [3.63, 3.8) is 0 Å². The van der Waals surface area contributed by atoms with Gasteiger partial charge in [-0.2, -0.15) is 4.58 Å². The van der Waals surface area contributed by atoms with E-state index in [9.17, 15) is 9.59 Å². The van der Waals surface area contributed by atoms with Gasteiger partial charge in [0.25, 0.3) is 0 Å². The van der Waals surface area contributed by atoms with Gasteiger partial charge in [0.2, 0.25) is 5.69 Å². The van der Waals surface area contributed by atoms with Crippen LogP contribution in [-0.2, 0) is 29.9 Å². The van der Waals surface area contributed by atoms with E-state index < -0.39 is 0 Å². The molecule has 0 saturated heterocycles. The first kappa shape index (κ1) is 39.4. The van der Waals surface area contributed by atoms with Crippen molar-refractivity contribution in [2.24, 2.45) is 0 Å². The lowest BCUT2D eigenvalue weighted by atomic mass is 9.81. The Balaban J connectivity index is 0.00000562. The molecule has 0 fully saturated rings. The largest absolute Gasteiger partial charge is 0.466 e. The van der Waals surface area contributed by atoms with Crippen LogP contribution in [0.3, 0.4) is 0 Å². The van der Waals surface area contributed by atoms with Gasteiger partial charge in [0.05, 0.1) is 25.0 Å². The maximum Gasteiger partial charge on any atom is 0.306 e. The van der Waals surface area contributed by atoms with Crippen LogP contribution in [0.2, 0.25) is 0 Å². The van der Waals surface area contributed by atoms with Crippen LogP contribution >= 0.6 is 28.6 Å². The molecule has 5 rings (SSSR count). The fraction of sp³-hybridized carbons (Fsp3) is 0.452. The summed E-state index contributed by atoms with van der Waals surface area (Å²) in [4.78, 5) is 26.6. The van der Waals surface area contributed by atoms with E-state index in [0.717, 1.165) is 48.5 Å². The minimum absolute atomic E-state index is 0. The number of nitrogens with zero attached hydrogens (tertiary/aromatic N) is 2. The van der Waals surface area contributed by atoms with Crippen LogP contribution in [0.4, 0.5) is 11.4 Å². The predicted octanol–water partition coefficient (Wildman–Crippen LogP) is 10.2. The highest BCUT2D eigenvalue weighted by Gasteiger charge is 2.44.